The standard InChI is InChI=1S/C15H19N3O2/c1-20-14-5-2-4-13(10-14)11-15(19)17-6-3-8-18-9-7-16-12-18/h2,4-5,7,9-10,12H,3,6,8,11H2,1H3,(H,17,19). The van der Waals surface area contributed by atoms with Crippen LogP contribution in [0.15, 0.2) is 43.0 Å². The number of hydrogen-bond acceptors (Lipinski definition) is 3. The minimum Gasteiger partial charge on any atom is -0.497 e. The van der Waals surface area contributed by atoms with E-state index in [0.717, 1.165) is 24.3 Å². The van der Waals surface area contributed by atoms with Crippen LogP contribution in [0.1, 0.15) is 12.0 Å². The number of amides is 1. The Morgan fingerprint density at radius 2 is 2.35 bits per heavy atom. The van der Waals surface area contributed by atoms with Crippen LogP contribution in [0.25, 0.3) is 0 Å². The van der Waals surface area contributed by atoms with Gasteiger partial charge >= 0.3 is 0 Å². The van der Waals surface area contributed by atoms with E-state index < -0.39 is 0 Å². The SMILES string of the molecule is COc1cccc(CC(=O)NCCCn2ccnc2)c1. The van der Waals surface area contributed by atoms with Crippen LogP contribution in [0.4, 0.5) is 0 Å². The third-order valence-corrected chi connectivity index (χ3v) is 2.97. The molecule has 0 aliphatic carbocycles. The molecule has 0 radical (unpaired) electrons. The topological polar surface area (TPSA) is 56.1 Å². The Kier molecular flexibility index (Phi) is 5.17. The highest BCUT2D eigenvalue weighted by atomic mass is 16.5. The third-order valence-electron chi connectivity index (χ3n) is 2.97. The van der Waals surface area contributed by atoms with Crippen molar-refractivity contribution < 1.29 is 9.53 Å². The quantitative estimate of drug-likeness (QED) is 0.780. The van der Waals surface area contributed by atoms with Gasteiger partial charge in [0.25, 0.3) is 0 Å². The molecule has 0 aliphatic heterocycles. The van der Waals surface area contributed by atoms with E-state index >= 15 is 0 Å². The smallest absolute Gasteiger partial charge is 0.224 e. The van der Waals surface area contributed by atoms with E-state index in [9.17, 15) is 4.79 Å². The number of nitrogens with one attached hydrogen (secondary N) is 1. The molecule has 1 aromatic heterocycles. The summed E-state index contributed by atoms with van der Waals surface area (Å²) < 4.78 is 7.13. The maximum Gasteiger partial charge on any atom is 0.224 e. The molecule has 1 heterocycles. The van der Waals surface area contributed by atoms with E-state index in [1.807, 2.05) is 35.0 Å². The molecule has 0 spiro atoms. The number of hydrogen-bond donors (Lipinski definition) is 1. The molecule has 106 valence electrons. The monoisotopic (exact) mass is 273 g/mol. The van der Waals surface area contributed by atoms with Gasteiger partial charge in [0.2, 0.25) is 5.91 Å². The molecule has 0 atom stereocenters. The Bertz CT molecular complexity index is 538. The molecule has 5 heteroatoms. The predicted molar refractivity (Wildman–Crippen MR) is 76.6 cm³/mol. The number of nitrogens with zero attached hydrogens (tertiary/aromatic N) is 2. The van der Waals surface area contributed by atoms with Crippen LogP contribution < -0.4 is 10.1 Å². The molecule has 0 saturated heterocycles. The number of aromatic nitrogens is 2. The summed E-state index contributed by atoms with van der Waals surface area (Å²) in [7, 11) is 1.62. The highest BCUT2D eigenvalue weighted by molar-refractivity contribution is 5.78. The zero-order valence-electron chi connectivity index (χ0n) is 11.6. The second-order valence-corrected chi connectivity index (χ2v) is 4.53. The van der Waals surface area contributed by atoms with Gasteiger partial charge in [-0.25, -0.2) is 4.98 Å². The first kappa shape index (κ1) is 14.1. The first-order valence-corrected chi connectivity index (χ1v) is 6.63. The van der Waals surface area contributed by atoms with Crippen LogP contribution in [0.3, 0.4) is 0 Å². The Morgan fingerprint density at radius 3 is 3.10 bits per heavy atom. The Hall–Kier alpha value is -2.30. The predicted octanol–water partition coefficient (Wildman–Crippen LogP) is 1.64. The summed E-state index contributed by atoms with van der Waals surface area (Å²) >= 11 is 0. The molecule has 0 unspecified atom stereocenters. The van der Waals surface area contributed by atoms with Crippen LogP contribution in [0.5, 0.6) is 5.75 Å². The number of benzene rings is 1. The molecule has 5 nitrogen and oxygen atoms in total. The van der Waals surface area contributed by atoms with Gasteiger partial charge in [0.15, 0.2) is 0 Å². The molecule has 0 aliphatic rings. The summed E-state index contributed by atoms with van der Waals surface area (Å²) in [5.74, 6) is 0.805. The van der Waals surface area contributed by atoms with Gasteiger partial charge < -0.3 is 14.6 Å². The van der Waals surface area contributed by atoms with Crippen molar-refractivity contribution in [1.82, 2.24) is 14.9 Å². The number of rotatable bonds is 7. The highest BCUT2D eigenvalue weighted by Crippen LogP contribution is 2.12. The minimum absolute atomic E-state index is 0.0314. The summed E-state index contributed by atoms with van der Waals surface area (Å²) in [6.07, 6.45) is 6.71. The normalized spacial score (nSPS) is 10.2. The second kappa shape index (κ2) is 7.33. The summed E-state index contributed by atoms with van der Waals surface area (Å²) in [6, 6.07) is 7.56. The molecule has 1 aromatic carbocycles. The van der Waals surface area contributed by atoms with Crippen molar-refractivity contribution in [2.45, 2.75) is 19.4 Å². The van der Waals surface area contributed by atoms with Crippen molar-refractivity contribution in [3.63, 3.8) is 0 Å². The molecular weight excluding hydrogens is 254 g/mol. The number of imidazole rings is 1. The van der Waals surface area contributed by atoms with Gasteiger partial charge in [0, 0.05) is 25.5 Å². The number of aryl methyl sites for hydroxylation is 1. The van der Waals surface area contributed by atoms with Crippen LogP contribution in [0.2, 0.25) is 0 Å². The Morgan fingerprint density at radius 1 is 1.45 bits per heavy atom. The van der Waals surface area contributed by atoms with E-state index in [4.69, 9.17) is 4.74 Å². The average Bonchev–Trinajstić information content (AvgIpc) is 2.97. The van der Waals surface area contributed by atoms with Crippen LogP contribution in [0, 0.1) is 0 Å². The molecule has 1 N–H and O–H groups in total. The third kappa shape index (κ3) is 4.42. The molecular formula is C15H19N3O2. The van der Waals surface area contributed by atoms with Crippen LogP contribution in [-0.4, -0.2) is 29.1 Å². The van der Waals surface area contributed by atoms with Gasteiger partial charge in [-0.05, 0) is 24.1 Å². The highest BCUT2D eigenvalue weighted by Gasteiger charge is 2.03. The minimum atomic E-state index is 0.0314. The molecule has 20 heavy (non-hydrogen) atoms. The van der Waals surface area contributed by atoms with Crippen molar-refractivity contribution in [2.75, 3.05) is 13.7 Å². The van der Waals surface area contributed by atoms with Gasteiger partial charge in [-0.2, -0.15) is 0 Å². The maximum atomic E-state index is 11.8. The summed E-state index contributed by atoms with van der Waals surface area (Å²) in [6.45, 7) is 1.53. The summed E-state index contributed by atoms with van der Waals surface area (Å²) in [4.78, 5) is 15.8. The zero-order valence-corrected chi connectivity index (χ0v) is 11.6. The van der Waals surface area contributed by atoms with E-state index in [0.29, 0.717) is 13.0 Å². The Labute approximate surface area is 118 Å². The lowest BCUT2D eigenvalue weighted by atomic mass is 10.1. The fourth-order valence-electron chi connectivity index (χ4n) is 1.94. The molecule has 0 bridgehead atoms. The average molecular weight is 273 g/mol. The lowest BCUT2D eigenvalue weighted by molar-refractivity contribution is -0.120. The lowest BCUT2D eigenvalue weighted by Crippen LogP contribution is -2.26. The largest absolute Gasteiger partial charge is 0.497 e. The first-order valence-electron chi connectivity index (χ1n) is 6.63. The van der Waals surface area contributed by atoms with Crippen molar-refractivity contribution in [3.05, 3.63) is 48.5 Å². The van der Waals surface area contributed by atoms with Crippen LogP contribution in [-0.2, 0) is 17.8 Å². The number of methoxy groups -OCH3 is 1. The maximum absolute atomic E-state index is 11.8. The summed E-state index contributed by atoms with van der Waals surface area (Å²) in [5, 5.41) is 2.92. The van der Waals surface area contributed by atoms with Gasteiger partial charge in [-0.15, -0.1) is 0 Å². The molecule has 2 aromatic rings. The molecule has 0 saturated carbocycles. The van der Waals surface area contributed by atoms with Crippen molar-refractivity contribution >= 4 is 5.91 Å². The van der Waals surface area contributed by atoms with E-state index in [1.165, 1.54) is 0 Å². The second-order valence-electron chi connectivity index (χ2n) is 4.53. The van der Waals surface area contributed by atoms with Gasteiger partial charge in [-0.1, -0.05) is 12.1 Å². The van der Waals surface area contributed by atoms with E-state index in [1.54, 1.807) is 19.6 Å². The lowest BCUT2D eigenvalue weighted by Gasteiger charge is -2.07. The number of carbonyl (C=O) groups is 1. The van der Waals surface area contributed by atoms with E-state index in [2.05, 4.69) is 10.3 Å². The zero-order chi connectivity index (χ0) is 14.2. The van der Waals surface area contributed by atoms with Crippen LogP contribution >= 0.6 is 0 Å². The summed E-state index contributed by atoms with van der Waals surface area (Å²) in [5.41, 5.74) is 0.955. The van der Waals surface area contributed by atoms with Gasteiger partial charge in [0.1, 0.15) is 5.75 Å². The fraction of sp³-hybridized carbons (Fsp3) is 0.333. The first-order chi connectivity index (χ1) is 9.78. The number of carbonyl (C=O) groups excluding carboxylic acids is 1. The number of ether oxygens (including phenoxy) is 1. The molecule has 1 amide bonds. The molecule has 0 fully saturated rings. The van der Waals surface area contributed by atoms with Crippen molar-refractivity contribution in [2.24, 2.45) is 0 Å². The van der Waals surface area contributed by atoms with E-state index in [-0.39, 0.29) is 5.91 Å². The van der Waals surface area contributed by atoms with Gasteiger partial charge in [0.05, 0.1) is 19.9 Å². The molecule has 2 rings (SSSR count). The Balaban J connectivity index is 1.69. The van der Waals surface area contributed by atoms with Gasteiger partial charge in [-0.3, -0.25) is 4.79 Å². The fourth-order valence-corrected chi connectivity index (χ4v) is 1.94. The van der Waals surface area contributed by atoms with Crippen molar-refractivity contribution in [1.29, 1.82) is 0 Å². The van der Waals surface area contributed by atoms with Crippen molar-refractivity contribution in [3.8, 4) is 5.75 Å².